The summed E-state index contributed by atoms with van der Waals surface area (Å²) in [7, 11) is 0. The highest BCUT2D eigenvalue weighted by Crippen LogP contribution is 2.40. The summed E-state index contributed by atoms with van der Waals surface area (Å²) in [6.45, 7) is 2.39. The molecule has 0 aromatic carbocycles. The predicted molar refractivity (Wildman–Crippen MR) is 71.0 cm³/mol. The van der Waals surface area contributed by atoms with Gasteiger partial charge in [-0.05, 0) is 31.1 Å². The smallest absolute Gasteiger partial charge is 0.0558 e. The molecule has 16 heavy (non-hydrogen) atoms. The predicted octanol–water partition coefficient (Wildman–Crippen LogP) is 2.79. The lowest BCUT2D eigenvalue weighted by atomic mass is 9.75. The van der Waals surface area contributed by atoms with Gasteiger partial charge in [-0.15, -0.1) is 0 Å². The van der Waals surface area contributed by atoms with Gasteiger partial charge in [0.15, 0.2) is 0 Å². The Bertz CT molecular complexity index is 212. The topological polar surface area (TPSA) is 23.5 Å². The summed E-state index contributed by atoms with van der Waals surface area (Å²) in [5.41, 5.74) is 0.496. The van der Waals surface area contributed by atoms with E-state index in [-0.39, 0.29) is 0 Å². The van der Waals surface area contributed by atoms with E-state index in [0.29, 0.717) is 12.0 Å². The van der Waals surface area contributed by atoms with Gasteiger partial charge in [0, 0.05) is 24.5 Å². The lowest BCUT2D eigenvalue weighted by Crippen LogP contribution is -2.42. The highest BCUT2D eigenvalue weighted by atomic mass is 79.9. The molecule has 0 bridgehead atoms. The van der Waals surface area contributed by atoms with Crippen molar-refractivity contribution >= 4 is 15.9 Å². The Labute approximate surface area is 108 Å². The third kappa shape index (κ3) is 3.21. The van der Waals surface area contributed by atoms with Crippen LogP contribution in [-0.4, -0.2) is 41.1 Å². The van der Waals surface area contributed by atoms with Gasteiger partial charge < -0.3 is 5.11 Å². The molecule has 2 aliphatic carbocycles. The van der Waals surface area contributed by atoms with Crippen LogP contribution in [0.15, 0.2) is 0 Å². The molecule has 0 aromatic heterocycles. The standard InChI is InChI=1S/C13H24BrNO/c14-10-13(6-2-1-3-7-13)11-15(8-9-16)12-4-5-12/h12,16H,1-11H2. The fourth-order valence-electron chi connectivity index (χ4n) is 3.03. The van der Waals surface area contributed by atoms with Crippen molar-refractivity contribution in [3.8, 4) is 0 Å². The van der Waals surface area contributed by atoms with Crippen molar-refractivity contribution in [1.29, 1.82) is 0 Å². The fraction of sp³-hybridized carbons (Fsp3) is 1.00. The molecule has 0 atom stereocenters. The van der Waals surface area contributed by atoms with Crippen molar-refractivity contribution in [1.82, 2.24) is 4.90 Å². The van der Waals surface area contributed by atoms with Gasteiger partial charge in [-0.2, -0.15) is 0 Å². The molecular weight excluding hydrogens is 266 g/mol. The van der Waals surface area contributed by atoms with Crippen LogP contribution in [0.2, 0.25) is 0 Å². The minimum absolute atomic E-state index is 0.314. The Kier molecular flexibility index (Phi) is 4.68. The second-order valence-electron chi connectivity index (χ2n) is 5.62. The van der Waals surface area contributed by atoms with E-state index in [1.54, 1.807) is 0 Å². The van der Waals surface area contributed by atoms with Crippen LogP contribution >= 0.6 is 15.9 Å². The minimum Gasteiger partial charge on any atom is -0.395 e. The summed E-state index contributed by atoms with van der Waals surface area (Å²) in [5, 5.41) is 10.3. The van der Waals surface area contributed by atoms with E-state index >= 15 is 0 Å². The number of alkyl halides is 1. The Morgan fingerprint density at radius 3 is 2.38 bits per heavy atom. The molecule has 2 rings (SSSR count). The summed E-state index contributed by atoms with van der Waals surface area (Å²) in [6, 6.07) is 0.782. The normalized spacial score (nSPS) is 24.9. The van der Waals surface area contributed by atoms with Gasteiger partial charge >= 0.3 is 0 Å². The van der Waals surface area contributed by atoms with Crippen LogP contribution in [0.3, 0.4) is 0 Å². The number of aliphatic hydroxyl groups excluding tert-OH is 1. The number of hydrogen-bond donors (Lipinski definition) is 1. The van der Waals surface area contributed by atoms with Crippen LogP contribution in [0.5, 0.6) is 0 Å². The summed E-state index contributed by atoms with van der Waals surface area (Å²) < 4.78 is 0. The summed E-state index contributed by atoms with van der Waals surface area (Å²) >= 11 is 3.73. The molecule has 0 unspecified atom stereocenters. The zero-order valence-electron chi connectivity index (χ0n) is 10.1. The van der Waals surface area contributed by atoms with E-state index in [0.717, 1.165) is 17.9 Å². The largest absolute Gasteiger partial charge is 0.395 e. The lowest BCUT2D eigenvalue weighted by molar-refractivity contribution is 0.103. The van der Waals surface area contributed by atoms with E-state index in [4.69, 9.17) is 5.11 Å². The van der Waals surface area contributed by atoms with Crippen molar-refractivity contribution in [2.75, 3.05) is 25.0 Å². The molecule has 2 nitrogen and oxygen atoms in total. The van der Waals surface area contributed by atoms with Gasteiger partial charge in [-0.25, -0.2) is 0 Å². The quantitative estimate of drug-likeness (QED) is 0.760. The van der Waals surface area contributed by atoms with Crippen molar-refractivity contribution in [2.24, 2.45) is 5.41 Å². The van der Waals surface area contributed by atoms with Crippen LogP contribution in [-0.2, 0) is 0 Å². The van der Waals surface area contributed by atoms with E-state index in [2.05, 4.69) is 20.8 Å². The second-order valence-corrected chi connectivity index (χ2v) is 6.18. The number of rotatable bonds is 6. The van der Waals surface area contributed by atoms with E-state index in [9.17, 15) is 0 Å². The van der Waals surface area contributed by atoms with Crippen molar-refractivity contribution in [3.05, 3.63) is 0 Å². The molecule has 2 fully saturated rings. The molecule has 0 spiro atoms. The average molecular weight is 290 g/mol. The number of hydrogen-bond acceptors (Lipinski definition) is 2. The van der Waals surface area contributed by atoms with Crippen LogP contribution in [0.4, 0.5) is 0 Å². The van der Waals surface area contributed by atoms with Gasteiger partial charge in [0.05, 0.1) is 6.61 Å². The highest BCUT2D eigenvalue weighted by Gasteiger charge is 2.37. The van der Waals surface area contributed by atoms with Crippen LogP contribution < -0.4 is 0 Å². The van der Waals surface area contributed by atoms with E-state index in [1.807, 2.05) is 0 Å². The Morgan fingerprint density at radius 2 is 1.88 bits per heavy atom. The third-order valence-corrected chi connectivity index (χ3v) is 5.38. The van der Waals surface area contributed by atoms with E-state index in [1.165, 1.54) is 51.5 Å². The molecular formula is C13H24BrNO. The maximum absolute atomic E-state index is 9.15. The molecule has 94 valence electrons. The van der Waals surface area contributed by atoms with Crippen LogP contribution in [0, 0.1) is 5.41 Å². The molecule has 2 saturated carbocycles. The number of halogens is 1. The van der Waals surface area contributed by atoms with Crippen molar-refractivity contribution in [3.63, 3.8) is 0 Å². The van der Waals surface area contributed by atoms with Gasteiger partial charge in [0.2, 0.25) is 0 Å². The Morgan fingerprint density at radius 1 is 1.19 bits per heavy atom. The first kappa shape index (κ1) is 12.8. The first-order valence-electron chi connectivity index (χ1n) is 6.70. The summed E-state index contributed by atoms with van der Waals surface area (Å²) in [5.74, 6) is 0. The number of aliphatic hydroxyl groups is 1. The molecule has 0 radical (unpaired) electrons. The molecule has 0 heterocycles. The van der Waals surface area contributed by atoms with Gasteiger partial charge in [-0.1, -0.05) is 35.2 Å². The fourth-order valence-corrected chi connectivity index (χ4v) is 3.76. The SMILES string of the molecule is OCCN(CC1(CBr)CCCCC1)C1CC1. The monoisotopic (exact) mass is 289 g/mol. The van der Waals surface area contributed by atoms with Crippen molar-refractivity contribution in [2.45, 2.75) is 51.0 Å². The van der Waals surface area contributed by atoms with E-state index < -0.39 is 0 Å². The zero-order valence-corrected chi connectivity index (χ0v) is 11.7. The molecule has 0 saturated heterocycles. The molecule has 0 amide bonds. The van der Waals surface area contributed by atoms with Gasteiger partial charge in [-0.3, -0.25) is 4.90 Å². The summed E-state index contributed by atoms with van der Waals surface area (Å²) in [6.07, 6.45) is 9.63. The zero-order chi connectivity index (χ0) is 11.4. The Hall–Kier alpha value is 0.400. The van der Waals surface area contributed by atoms with Crippen LogP contribution in [0.1, 0.15) is 44.9 Å². The van der Waals surface area contributed by atoms with Crippen LogP contribution in [0.25, 0.3) is 0 Å². The Balaban J connectivity index is 1.91. The molecule has 0 aromatic rings. The average Bonchev–Trinajstić information content (AvgIpc) is 3.14. The summed E-state index contributed by atoms with van der Waals surface area (Å²) in [4.78, 5) is 2.53. The van der Waals surface area contributed by atoms with Gasteiger partial charge in [0.1, 0.15) is 0 Å². The molecule has 2 aliphatic rings. The first-order chi connectivity index (χ1) is 7.79. The molecule has 3 heteroatoms. The highest BCUT2D eigenvalue weighted by molar-refractivity contribution is 9.09. The first-order valence-corrected chi connectivity index (χ1v) is 7.83. The maximum atomic E-state index is 9.15. The van der Waals surface area contributed by atoms with Gasteiger partial charge in [0.25, 0.3) is 0 Å². The molecule has 1 N–H and O–H groups in total. The minimum atomic E-state index is 0.314. The third-order valence-electron chi connectivity index (χ3n) is 4.19. The second kappa shape index (κ2) is 5.83. The van der Waals surface area contributed by atoms with Crippen molar-refractivity contribution < 1.29 is 5.11 Å². The maximum Gasteiger partial charge on any atom is 0.0558 e. The number of nitrogens with zero attached hydrogens (tertiary/aromatic N) is 1. The lowest BCUT2D eigenvalue weighted by Gasteiger charge is -2.40. The molecule has 0 aliphatic heterocycles.